The molecule has 3 aromatic rings. The maximum atomic E-state index is 13.4. The summed E-state index contributed by atoms with van der Waals surface area (Å²) in [6.45, 7) is 1.01. The molecule has 1 aliphatic heterocycles. The van der Waals surface area contributed by atoms with E-state index in [0.29, 0.717) is 42.9 Å². The number of carbonyl (C=O) groups excluding carboxylic acids is 1. The lowest BCUT2D eigenvalue weighted by molar-refractivity contribution is -0.141. The van der Waals surface area contributed by atoms with Gasteiger partial charge in [-0.2, -0.15) is 18.3 Å². The minimum Gasteiger partial charge on any atom is -0.370 e. The molecule has 0 aliphatic carbocycles. The van der Waals surface area contributed by atoms with Gasteiger partial charge in [-0.25, -0.2) is 13.1 Å². The molecule has 0 unspecified atom stereocenters. The molecule has 8 nitrogen and oxygen atoms in total. The first-order valence-corrected chi connectivity index (χ1v) is 13.2. The van der Waals surface area contributed by atoms with Gasteiger partial charge in [-0.05, 0) is 36.6 Å². The molecule has 192 valence electrons. The zero-order chi connectivity index (χ0) is 26.1. The second kappa shape index (κ2) is 9.94. The van der Waals surface area contributed by atoms with Crippen LogP contribution in [0.25, 0.3) is 5.69 Å². The molecule has 2 aromatic carbocycles. The number of piperidine rings is 1. The predicted molar refractivity (Wildman–Crippen MR) is 129 cm³/mol. The number of sulfone groups is 1. The van der Waals surface area contributed by atoms with Gasteiger partial charge in [0.15, 0.2) is 15.5 Å². The van der Waals surface area contributed by atoms with E-state index in [-0.39, 0.29) is 23.2 Å². The second-order valence-electron chi connectivity index (χ2n) is 8.63. The number of nitrogens with one attached hydrogen (secondary N) is 1. The van der Waals surface area contributed by atoms with Gasteiger partial charge in [-0.3, -0.25) is 4.79 Å². The number of hydrogen-bond donors (Lipinski definition) is 2. The van der Waals surface area contributed by atoms with Gasteiger partial charge in [0.05, 0.1) is 16.3 Å². The van der Waals surface area contributed by atoms with Gasteiger partial charge in [0, 0.05) is 38.0 Å². The predicted octanol–water partition coefficient (Wildman–Crippen LogP) is 3.15. The Morgan fingerprint density at radius 3 is 2.31 bits per heavy atom. The summed E-state index contributed by atoms with van der Waals surface area (Å²) in [7, 11) is -3.42. The van der Waals surface area contributed by atoms with Crippen molar-refractivity contribution in [2.24, 2.45) is 5.73 Å². The number of alkyl halides is 3. The first kappa shape index (κ1) is 25.7. The molecule has 0 atom stereocenters. The molecule has 0 saturated carbocycles. The third-order valence-electron chi connectivity index (χ3n) is 6.11. The van der Waals surface area contributed by atoms with E-state index in [1.807, 2.05) is 4.90 Å². The first-order valence-electron chi connectivity index (χ1n) is 11.3. The van der Waals surface area contributed by atoms with Crippen LogP contribution in [0.3, 0.4) is 0 Å². The van der Waals surface area contributed by atoms with Crippen LogP contribution < -0.4 is 16.0 Å². The highest BCUT2D eigenvalue weighted by molar-refractivity contribution is 7.90. The van der Waals surface area contributed by atoms with E-state index < -0.39 is 27.6 Å². The standard InChI is InChI=1S/C24H26F3N5O3S/c1-36(34,35)21-9-5-4-8-19(21)31-12-10-17(11-13-31)29-23(33)20-14-22(24(25,26)27)30-32(20)18-7-3-2-6-16(18)15-28/h2-9,14,17H,10-13,15,28H2,1H3,(H,29,33). The lowest BCUT2D eigenvalue weighted by Gasteiger charge is -2.34. The Bertz CT molecular complexity index is 1360. The highest BCUT2D eigenvalue weighted by atomic mass is 32.2. The molecule has 1 aliphatic rings. The molecule has 2 heterocycles. The molecular formula is C24H26F3N5O3S. The van der Waals surface area contributed by atoms with Crippen LogP contribution in [-0.2, 0) is 22.6 Å². The van der Waals surface area contributed by atoms with E-state index in [1.54, 1.807) is 48.5 Å². The number of nitrogens with two attached hydrogens (primary N) is 1. The van der Waals surface area contributed by atoms with Crippen molar-refractivity contribution in [3.63, 3.8) is 0 Å². The van der Waals surface area contributed by atoms with Crippen LogP contribution in [0, 0.1) is 0 Å². The second-order valence-corrected chi connectivity index (χ2v) is 10.6. The first-order chi connectivity index (χ1) is 17.0. The van der Waals surface area contributed by atoms with E-state index in [1.165, 1.54) is 0 Å². The van der Waals surface area contributed by atoms with Crippen LogP contribution in [0.15, 0.2) is 59.5 Å². The maximum Gasteiger partial charge on any atom is 0.435 e. The van der Waals surface area contributed by atoms with Crippen molar-refractivity contribution in [3.05, 3.63) is 71.5 Å². The molecule has 12 heteroatoms. The fraction of sp³-hybridized carbons (Fsp3) is 0.333. The average molecular weight is 522 g/mol. The van der Waals surface area contributed by atoms with Crippen LogP contribution in [-0.4, -0.2) is 49.5 Å². The molecule has 0 bridgehead atoms. The monoisotopic (exact) mass is 521 g/mol. The molecule has 3 N–H and O–H groups in total. The Kier molecular flexibility index (Phi) is 7.10. The summed E-state index contributed by atoms with van der Waals surface area (Å²) in [5.74, 6) is -0.681. The van der Waals surface area contributed by atoms with Gasteiger partial charge in [-0.1, -0.05) is 30.3 Å². The number of hydrogen-bond acceptors (Lipinski definition) is 6. The summed E-state index contributed by atoms with van der Waals surface area (Å²) < 4.78 is 65.6. The number of anilines is 1. The largest absolute Gasteiger partial charge is 0.435 e. The quantitative estimate of drug-likeness (QED) is 0.516. The minimum atomic E-state index is -4.73. The number of nitrogens with zero attached hydrogens (tertiary/aromatic N) is 3. The Labute approximate surface area is 206 Å². The highest BCUT2D eigenvalue weighted by Crippen LogP contribution is 2.31. The third kappa shape index (κ3) is 5.39. The normalized spacial score (nSPS) is 15.2. The van der Waals surface area contributed by atoms with Crippen LogP contribution in [0.1, 0.15) is 34.6 Å². The minimum absolute atomic E-state index is 0.0614. The van der Waals surface area contributed by atoms with E-state index in [2.05, 4.69) is 10.4 Å². The average Bonchev–Trinajstić information content (AvgIpc) is 3.30. The number of halogens is 3. The van der Waals surface area contributed by atoms with E-state index in [4.69, 9.17) is 5.73 Å². The van der Waals surface area contributed by atoms with Gasteiger partial charge in [0.25, 0.3) is 5.91 Å². The van der Waals surface area contributed by atoms with Crippen LogP contribution in [0.2, 0.25) is 0 Å². The Balaban J connectivity index is 1.54. The lowest BCUT2D eigenvalue weighted by atomic mass is 10.0. The maximum absolute atomic E-state index is 13.4. The molecule has 1 saturated heterocycles. The van der Waals surface area contributed by atoms with Gasteiger partial charge < -0.3 is 16.0 Å². The van der Waals surface area contributed by atoms with Crippen molar-refractivity contribution in [1.82, 2.24) is 15.1 Å². The van der Waals surface area contributed by atoms with E-state index in [0.717, 1.165) is 17.0 Å². The molecule has 4 rings (SSSR count). The summed E-state index contributed by atoms with van der Waals surface area (Å²) in [5.41, 5.74) is 5.77. The Morgan fingerprint density at radius 2 is 1.69 bits per heavy atom. The summed E-state index contributed by atoms with van der Waals surface area (Å²) >= 11 is 0. The number of rotatable bonds is 6. The van der Waals surface area contributed by atoms with E-state index >= 15 is 0 Å². The van der Waals surface area contributed by atoms with Crippen molar-refractivity contribution in [2.75, 3.05) is 24.2 Å². The van der Waals surface area contributed by atoms with Crippen molar-refractivity contribution in [3.8, 4) is 5.69 Å². The lowest BCUT2D eigenvalue weighted by Crippen LogP contribution is -2.45. The van der Waals surface area contributed by atoms with Crippen LogP contribution in [0.4, 0.5) is 18.9 Å². The third-order valence-corrected chi connectivity index (χ3v) is 7.25. The molecule has 1 fully saturated rings. The Hall–Kier alpha value is -3.38. The molecule has 1 aromatic heterocycles. The summed E-state index contributed by atoms with van der Waals surface area (Å²) in [6.07, 6.45) is -2.59. The molecule has 0 spiro atoms. The fourth-order valence-corrected chi connectivity index (χ4v) is 5.21. The van der Waals surface area contributed by atoms with Gasteiger partial charge in [-0.15, -0.1) is 0 Å². The van der Waals surface area contributed by atoms with Gasteiger partial charge in [0.2, 0.25) is 0 Å². The fourth-order valence-electron chi connectivity index (χ4n) is 4.31. The highest BCUT2D eigenvalue weighted by Gasteiger charge is 2.37. The van der Waals surface area contributed by atoms with Crippen molar-refractivity contribution < 1.29 is 26.4 Å². The zero-order valence-electron chi connectivity index (χ0n) is 19.5. The summed E-state index contributed by atoms with van der Waals surface area (Å²) in [5, 5.41) is 6.49. The zero-order valence-corrected chi connectivity index (χ0v) is 20.3. The van der Waals surface area contributed by atoms with Crippen LogP contribution in [0.5, 0.6) is 0 Å². The number of aromatic nitrogens is 2. The molecule has 36 heavy (non-hydrogen) atoms. The van der Waals surface area contributed by atoms with Crippen molar-refractivity contribution in [2.45, 2.75) is 36.5 Å². The number of benzene rings is 2. The summed E-state index contributed by atoms with van der Waals surface area (Å²) in [4.78, 5) is 15.3. The SMILES string of the molecule is CS(=O)(=O)c1ccccc1N1CCC(NC(=O)c2cc(C(F)(F)F)nn2-c2ccccc2CN)CC1. The topological polar surface area (TPSA) is 110 Å². The Morgan fingerprint density at radius 1 is 1.08 bits per heavy atom. The number of carbonyl (C=O) groups is 1. The van der Waals surface area contributed by atoms with Crippen molar-refractivity contribution in [1.29, 1.82) is 0 Å². The summed E-state index contributed by atoms with van der Waals surface area (Å²) in [6, 6.07) is 13.7. The van der Waals surface area contributed by atoms with Crippen molar-refractivity contribution >= 4 is 21.4 Å². The molecule has 1 amide bonds. The smallest absolute Gasteiger partial charge is 0.370 e. The van der Waals surface area contributed by atoms with Gasteiger partial charge >= 0.3 is 6.18 Å². The number of amides is 1. The van der Waals surface area contributed by atoms with Crippen LogP contribution >= 0.6 is 0 Å². The van der Waals surface area contributed by atoms with Gasteiger partial charge in [0.1, 0.15) is 5.69 Å². The number of para-hydroxylation sites is 2. The molecular weight excluding hydrogens is 495 g/mol. The molecule has 0 radical (unpaired) electrons. The van der Waals surface area contributed by atoms with E-state index in [9.17, 15) is 26.4 Å².